The Bertz CT molecular complexity index is 498. The highest BCUT2D eigenvalue weighted by Gasteiger charge is 2.67. The molecule has 2 heterocycles. The van der Waals surface area contributed by atoms with E-state index in [0.717, 1.165) is 51.9 Å². The van der Waals surface area contributed by atoms with Gasteiger partial charge in [0.25, 0.3) is 0 Å². The van der Waals surface area contributed by atoms with E-state index >= 15 is 0 Å². The van der Waals surface area contributed by atoms with E-state index in [1.807, 2.05) is 7.11 Å². The Balaban J connectivity index is 1.53. The van der Waals surface area contributed by atoms with Crippen LogP contribution >= 0.6 is 0 Å². The van der Waals surface area contributed by atoms with Crippen LogP contribution in [0.1, 0.15) is 5.56 Å². The van der Waals surface area contributed by atoms with Gasteiger partial charge < -0.3 is 19.7 Å². The molecule has 2 saturated heterocycles. The number of hydrogen-bond acceptors (Lipinski definition) is 4. The quantitative estimate of drug-likeness (QED) is 0.904. The second-order valence-corrected chi connectivity index (χ2v) is 6.49. The number of benzene rings is 1. The van der Waals surface area contributed by atoms with Crippen molar-refractivity contribution in [1.29, 1.82) is 0 Å². The zero-order chi connectivity index (χ0) is 14.3. The average Bonchev–Trinajstić information content (AvgIpc) is 2.94. The lowest BCUT2D eigenvalue weighted by Gasteiger charge is -2.29. The minimum absolute atomic E-state index is 0.333. The van der Waals surface area contributed by atoms with Crippen molar-refractivity contribution in [2.45, 2.75) is 5.41 Å². The molecule has 3 atom stereocenters. The van der Waals surface area contributed by atoms with Crippen molar-refractivity contribution in [2.75, 3.05) is 58.0 Å². The summed E-state index contributed by atoms with van der Waals surface area (Å²) in [5.74, 6) is 1.45. The van der Waals surface area contributed by atoms with Crippen LogP contribution in [-0.2, 0) is 14.9 Å². The number of ether oxygens (including phenoxy) is 2. The van der Waals surface area contributed by atoms with E-state index in [-0.39, 0.29) is 0 Å². The molecule has 114 valence electrons. The number of hydrogen-bond donors (Lipinski definition) is 1. The first-order chi connectivity index (χ1) is 10.4. The molecule has 1 aromatic carbocycles. The molecule has 1 saturated carbocycles. The van der Waals surface area contributed by atoms with Gasteiger partial charge in [-0.3, -0.25) is 0 Å². The van der Waals surface area contributed by atoms with Crippen molar-refractivity contribution in [2.24, 2.45) is 11.8 Å². The molecule has 3 fully saturated rings. The highest BCUT2D eigenvalue weighted by atomic mass is 16.5. The summed E-state index contributed by atoms with van der Waals surface area (Å²) in [6.07, 6.45) is 0. The van der Waals surface area contributed by atoms with E-state index in [9.17, 15) is 0 Å². The highest BCUT2D eigenvalue weighted by Crippen LogP contribution is 2.62. The van der Waals surface area contributed by atoms with Gasteiger partial charge >= 0.3 is 0 Å². The van der Waals surface area contributed by atoms with Gasteiger partial charge in [0.2, 0.25) is 0 Å². The Morgan fingerprint density at radius 2 is 2.05 bits per heavy atom. The Kier molecular flexibility index (Phi) is 3.40. The van der Waals surface area contributed by atoms with Gasteiger partial charge in [0.1, 0.15) is 0 Å². The molecule has 2 aliphatic heterocycles. The third kappa shape index (κ3) is 2.08. The van der Waals surface area contributed by atoms with E-state index in [2.05, 4.69) is 34.5 Å². The Labute approximate surface area is 126 Å². The van der Waals surface area contributed by atoms with Crippen molar-refractivity contribution < 1.29 is 9.47 Å². The van der Waals surface area contributed by atoms with Gasteiger partial charge in [-0.2, -0.15) is 0 Å². The molecule has 4 heteroatoms. The standard InChI is InChI=1S/C17H24N2O2/c1-20-11-16-15-10-18-12-17(15,16)13-2-4-14(5-3-13)19-6-8-21-9-7-19/h2-5,15-16,18H,6-12H2,1H3. The van der Waals surface area contributed by atoms with Gasteiger partial charge in [-0.1, -0.05) is 12.1 Å². The fourth-order valence-corrected chi connectivity index (χ4v) is 4.40. The minimum Gasteiger partial charge on any atom is -0.384 e. The fraction of sp³-hybridized carbons (Fsp3) is 0.647. The molecule has 3 aliphatic rings. The molecular weight excluding hydrogens is 264 g/mol. The zero-order valence-electron chi connectivity index (χ0n) is 12.7. The van der Waals surface area contributed by atoms with E-state index in [4.69, 9.17) is 9.47 Å². The first kappa shape index (κ1) is 13.6. The van der Waals surface area contributed by atoms with Crippen LogP contribution < -0.4 is 10.2 Å². The molecule has 0 spiro atoms. The van der Waals surface area contributed by atoms with E-state index in [1.54, 1.807) is 0 Å². The smallest absolute Gasteiger partial charge is 0.0642 e. The molecule has 0 radical (unpaired) electrons. The van der Waals surface area contributed by atoms with Gasteiger partial charge in [-0.25, -0.2) is 0 Å². The van der Waals surface area contributed by atoms with Crippen LogP contribution in [0.2, 0.25) is 0 Å². The van der Waals surface area contributed by atoms with Crippen LogP contribution in [0.5, 0.6) is 0 Å². The van der Waals surface area contributed by atoms with E-state index in [1.165, 1.54) is 11.3 Å². The third-order valence-electron chi connectivity index (χ3n) is 5.61. The summed E-state index contributed by atoms with van der Waals surface area (Å²) in [6.45, 7) is 6.81. The van der Waals surface area contributed by atoms with Crippen molar-refractivity contribution >= 4 is 5.69 Å². The van der Waals surface area contributed by atoms with Crippen molar-refractivity contribution in [3.8, 4) is 0 Å². The van der Waals surface area contributed by atoms with Gasteiger partial charge in [0.15, 0.2) is 0 Å². The topological polar surface area (TPSA) is 33.7 Å². The number of nitrogens with zero attached hydrogens (tertiary/aromatic N) is 1. The summed E-state index contributed by atoms with van der Waals surface area (Å²) in [7, 11) is 1.82. The molecule has 1 aliphatic carbocycles. The summed E-state index contributed by atoms with van der Waals surface area (Å²) >= 11 is 0. The molecule has 3 unspecified atom stereocenters. The van der Waals surface area contributed by atoms with E-state index in [0.29, 0.717) is 11.3 Å². The van der Waals surface area contributed by atoms with E-state index < -0.39 is 0 Å². The predicted molar refractivity (Wildman–Crippen MR) is 82.9 cm³/mol. The van der Waals surface area contributed by atoms with Crippen molar-refractivity contribution in [3.63, 3.8) is 0 Å². The first-order valence-electron chi connectivity index (χ1n) is 7.99. The van der Waals surface area contributed by atoms with Gasteiger partial charge in [-0.15, -0.1) is 0 Å². The van der Waals surface area contributed by atoms with Crippen LogP contribution in [0.3, 0.4) is 0 Å². The first-order valence-corrected chi connectivity index (χ1v) is 7.99. The number of morpholine rings is 1. The number of fused-ring (bicyclic) bond motifs is 1. The van der Waals surface area contributed by atoms with Crippen LogP contribution in [0, 0.1) is 11.8 Å². The summed E-state index contributed by atoms with van der Waals surface area (Å²) in [5.41, 5.74) is 3.14. The SMILES string of the molecule is COCC1C2CNCC21c1ccc(N2CCOCC2)cc1. The molecule has 4 rings (SSSR count). The molecular formula is C17H24N2O2. The minimum atomic E-state index is 0.333. The number of nitrogens with one attached hydrogen (secondary N) is 1. The third-order valence-corrected chi connectivity index (χ3v) is 5.61. The van der Waals surface area contributed by atoms with Crippen LogP contribution in [0.15, 0.2) is 24.3 Å². The molecule has 0 amide bonds. The second kappa shape index (κ2) is 5.27. The van der Waals surface area contributed by atoms with Gasteiger partial charge in [0, 0.05) is 37.8 Å². The molecule has 0 bridgehead atoms. The summed E-state index contributed by atoms with van der Waals surface area (Å²) in [4.78, 5) is 2.41. The molecule has 1 N–H and O–H groups in total. The number of anilines is 1. The lowest BCUT2D eigenvalue weighted by molar-refractivity contribution is 0.122. The Morgan fingerprint density at radius 3 is 2.76 bits per heavy atom. The van der Waals surface area contributed by atoms with Gasteiger partial charge in [-0.05, 0) is 36.1 Å². The van der Waals surface area contributed by atoms with Crippen molar-refractivity contribution in [3.05, 3.63) is 29.8 Å². The number of piperidine rings is 1. The van der Waals surface area contributed by atoms with Crippen molar-refractivity contribution in [1.82, 2.24) is 5.32 Å². The summed E-state index contributed by atoms with van der Waals surface area (Å²) in [5, 5.41) is 3.54. The number of rotatable bonds is 4. The molecule has 4 nitrogen and oxygen atoms in total. The lowest BCUT2D eigenvalue weighted by atomic mass is 9.92. The summed E-state index contributed by atoms with van der Waals surface area (Å²) in [6, 6.07) is 9.24. The average molecular weight is 288 g/mol. The largest absolute Gasteiger partial charge is 0.384 e. The fourth-order valence-electron chi connectivity index (χ4n) is 4.40. The van der Waals surface area contributed by atoms with Crippen LogP contribution in [0.25, 0.3) is 0 Å². The lowest BCUT2D eigenvalue weighted by Crippen LogP contribution is -2.36. The number of methoxy groups -OCH3 is 1. The van der Waals surface area contributed by atoms with Gasteiger partial charge in [0.05, 0.1) is 19.8 Å². The normalized spacial score (nSPS) is 34.8. The van der Waals surface area contributed by atoms with Crippen LogP contribution in [0.4, 0.5) is 5.69 Å². The maximum Gasteiger partial charge on any atom is 0.0642 e. The maximum atomic E-state index is 5.43. The van der Waals surface area contributed by atoms with Crippen LogP contribution in [-0.4, -0.2) is 53.1 Å². The monoisotopic (exact) mass is 288 g/mol. The Morgan fingerprint density at radius 1 is 1.29 bits per heavy atom. The second-order valence-electron chi connectivity index (χ2n) is 6.49. The Hall–Kier alpha value is -1.10. The predicted octanol–water partition coefficient (Wildman–Crippen LogP) is 1.26. The summed E-state index contributed by atoms with van der Waals surface area (Å²) < 4.78 is 10.8. The molecule has 0 aromatic heterocycles. The molecule has 1 aromatic rings. The molecule has 21 heavy (non-hydrogen) atoms. The zero-order valence-corrected chi connectivity index (χ0v) is 12.7. The highest BCUT2D eigenvalue weighted by molar-refractivity contribution is 5.51. The maximum absolute atomic E-state index is 5.43.